The fourth-order valence-electron chi connectivity index (χ4n) is 3.36. The second-order valence-electron chi connectivity index (χ2n) is 7.21. The van der Waals surface area contributed by atoms with Gasteiger partial charge in [-0.15, -0.1) is 0 Å². The van der Waals surface area contributed by atoms with Crippen molar-refractivity contribution >= 4 is 33.2 Å². The highest BCUT2D eigenvalue weighted by Crippen LogP contribution is 2.28. The van der Waals surface area contributed by atoms with Crippen LogP contribution < -0.4 is 9.62 Å². The van der Waals surface area contributed by atoms with Crippen molar-refractivity contribution in [2.45, 2.75) is 46.1 Å². The molecule has 0 saturated carbocycles. The van der Waals surface area contributed by atoms with E-state index in [1.165, 1.54) is 10.6 Å². The summed E-state index contributed by atoms with van der Waals surface area (Å²) >= 11 is 6.15. The van der Waals surface area contributed by atoms with Gasteiger partial charge in [0, 0.05) is 18.0 Å². The van der Waals surface area contributed by atoms with Crippen molar-refractivity contribution < 1.29 is 13.2 Å². The number of hydrogen-bond acceptors (Lipinski definition) is 3. The predicted molar refractivity (Wildman–Crippen MR) is 120 cm³/mol. The molecule has 1 N–H and O–H groups in total. The number of anilines is 1. The van der Waals surface area contributed by atoms with Gasteiger partial charge in [0.2, 0.25) is 15.9 Å². The van der Waals surface area contributed by atoms with Crippen LogP contribution >= 0.6 is 11.6 Å². The Labute approximate surface area is 179 Å². The van der Waals surface area contributed by atoms with Crippen molar-refractivity contribution in [1.29, 1.82) is 0 Å². The third kappa shape index (κ3) is 6.21. The maximum absolute atomic E-state index is 12.5. The Hall–Kier alpha value is -2.05. The molecule has 158 valence electrons. The van der Waals surface area contributed by atoms with Gasteiger partial charge in [-0.1, -0.05) is 48.9 Å². The second-order valence-corrected chi connectivity index (χ2v) is 9.52. The zero-order valence-corrected chi connectivity index (χ0v) is 19.0. The first-order valence-corrected chi connectivity index (χ1v) is 12.0. The number of nitrogens with one attached hydrogen (secondary N) is 1. The summed E-state index contributed by atoms with van der Waals surface area (Å²) in [5.74, 6) is -0.0867. The van der Waals surface area contributed by atoms with Crippen LogP contribution in [0.15, 0.2) is 42.5 Å². The second kappa shape index (κ2) is 10.1. The van der Waals surface area contributed by atoms with Gasteiger partial charge >= 0.3 is 0 Å². The van der Waals surface area contributed by atoms with Crippen LogP contribution in [0.25, 0.3) is 0 Å². The first-order valence-electron chi connectivity index (χ1n) is 9.72. The molecule has 5 nitrogen and oxygen atoms in total. The van der Waals surface area contributed by atoms with Gasteiger partial charge < -0.3 is 5.32 Å². The highest BCUT2D eigenvalue weighted by atomic mass is 35.5. The van der Waals surface area contributed by atoms with Crippen LogP contribution in [-0.2, 0) is 14.8 Å². The number of nitrogens with zero attached hydrogens (tertiary/aromatic N) is 1. The number of halogens is 1. The number of carbonyl (C=O) groups is 1. The Kier molecular flexibility index (Phi) is 8.11. The number of aryl methyl sites for hydroxylation is 1. The third-order valence-corrected chi connectivity index (χ3v) is 6.57. The van der Waals surface area contributed by atoms with Crippen molar-refractivity contribution in [2.24, 2.45) is 0 Å². The zero-order chi connectivity index (χ0) is 21.6. The maximum atomic E-state index is 12.5. The lowest BCUT2D eigenvalue weighted by Gasteiger charge is -2.25. The molecule has 0 saturated heterocycles. The van der Waals surface area contributed by atoms with Crippen LogP contribution in [0, 0.1) is 13.8 Å². The normalized spacial score (nSPS) is 12.4. The molecule has 0 unspecified atom stereocenters. The molecule has 2 aromatic rings. The van der Waals surface area contributed by atoms with Crippen molar-refractivity contribution in [3.63, 3.8) is 0 Å². The number of carbonyl (C=O) groups excluding carboxylic acids is 1. The zero-order valence-electron chi connectivity index (χ0n) is 17.4. The molecule has 0 aliphatic rings. The van der Waals surface area contributed by atoms with Gasteiger partial charge in [0.05, 0.1) is 18.0 Å². The fraction of sp³-hybridized carbons (Fsp3) is 0.409. The maximum Gasteiger partial charge on any atom is 0.232 e. The quantitative estimate of drug-likeness (QED) is 0.615. The van der Waals surface area contributed by atoms with Crippen LogP contribution in [0.1, 0.15) is 48.9 Å². The summed E-state index contributed by atoms with van der Waals surface area (Å²) in [5, 5.41) is 3.58. The van der Waals surface area contributed by atoms with Crippen LogP contribution in [0.3, 0.4) is 0 Å². The number of sulfonamides is 1. The lowest BCUT2D eigenvalue weighted by molar-refractivity contribution is -0.121. The van der Waals surface area contributed by atoms with Gasteiger partial charge in [-0.05, 0) is 55.5 Å². The minimum atomic E-state index is -3.49. The first kappa shape index (κ1) is 23.2. The smallest absolute Gasteiger partial charge is 0.232 e. The Balaban J connectivity index is 2.03. The molecule has 0 heterocycles. The van der Waals surface area contributed by atoms with E-state index in [0.29, 0.717) is 22.7 Å². The fourth-order valence-corrected chi connectivity index (χ4v) is 4.54. The van der Waals surface area contributed by atoms with Gasteiger partial charge in [-0.2, -0.15) is 0 Å². The molecule has 2 aromatic carbocycles. The summed E-state index contributed by atoms with van der Waals surface area (Å²) in [6, 6.07) is 13.1. The molecule has 29 heavy (non-hydrogen) atoms. The van der Waals surface area contributed by atoms with E-state index in [2.05, 4.69) is 5.32 Å². The van der Waals surface area contributed by atoms with Gasteiger partial charge in [-0.25, -0.2) is 8.42 Å². The minimum Gasteiger partial charge on any atom is -0.349 e. The Morgan fingerprint density at radius 3 is 2.45 bits per heavy atom. The molecule has 0 spiro atoms. The van der Waals surface area contributed by atoms with Crippen molar-refractivity contribution in [2.75, 3.05) is 17.1 Å². The summed E-state index contributed by atoms with van der Waals surface area (Å²) in [4.78, 5) is 12.5. The molecule has 0 radical (unpaired) electrons. The van der Waals surface area contributed by atoms with E-state index in [1.807, 2.05) is 38.1 Å². The van der Waals surface area contributed by atoms with E-state index in [0.717, 1.165) is 17.5 Å². The Bertz CT molecular complexity index is 960. The van der Waals surface area contributed by atoms with Crippen molar-refractivity contribution in [3.8, 4) is 0 Å². The van der Waals surface area contributed by atoms with Crippen LogP contribution in [0.4, 0.5) is 5.69 Å². The number of benzene rings is 2. The van der Waals surface area contributed by atoms with E-state index < -0.39 is 10.0 Å². The first-order chi connectivity index (χ1) is 13.6. The van der Waals surface area contributed by atoms with Crippen molar-refractivity contribution in [1.82, 2.24) is 5.32 Å². The van der Waals surface area contributed by atoms with Crippen molar-refractivity contribution in [3.05, 3.63) is 64.2 Å². The summed E-state index contributed by atoms with van der Waals surface area (Å²) in [5.41, 5.74) is 3.50. The summed E-state index contributed by atoms with van der Waals surface area (Å²) in [6.45, 7) is 6.07. The molecular formula is C22H29ClN2O3S. The van der Waals surface area contributed by atoms with Crippen LogP contribution in [0.2, 0.25) is 5.02 Å². The molecule has 0 aliphatic carbocycles. The van der Waals surface area contributed by atoms with Crippen LogP contribution in [0.5, 0.6) is 0 Å². The predicted octanol–water partition coefficient (Wildman–Crippen LogP) is 4.77. The van der Waals surface area contributed by atoms with Crippen LogP contribution in [-0.4, -0.2) is 27.1 Å². The van der Waals surface area contributed by atoms with Gasteiger partial charge in [0.25, 0.3) is 0 Å². The third-order valence-electron chi connectivity index (χ3n) is 4.98. The standard InChI is InChI=1S/C22H29ClN2O3S/c1-5-20(18-11-7-6-10-16(18)2)24-22(26)14-9-15-25(29(4,27)28)21-13-8-12-19(23)17(21)3/h6-8,10-13,20H,5,9,14-15H2,1-4H3,(H,24,26)/t20-/m0/s1. The minimum absolute atomic E-state index is 0.0510. The average Bonchev–Trinajstić information content (AvgIpc) is 2.66. The van der Waals surface area contributed by atoms with Gasteiger partial charge in [0.15, 0.2) is 0 Å². The monoisotopic (exact) mass is 436 g/mol. The number of amides is 1. The molecule has 0 bridgehead atoms. The molecular weight excluding hydrogens is 408 g/mol. The topological polar surface area (TPSA) is 66.5 Å². The molecule has 1 atom stereocenters. The molecule has 0 aromatic heterocycles. The molecule has 2 rings (SSSR count). The highest BCUT2D eigenvalue weighted by molar-refractivity contribution is 7.92. The largest absolute Gasteiger partial charge is 0.349 e. The molecule has 0 fully saturated rings. The molecule has 0 aliphatic heterocycles. The lowest BCUT2D eigenvalue weighted by Crippen LogP contribution is -2.33. The Morgan fingerprint density at radius 1 is 1.14 bits per heavy atom. The van der Waals surface area contributed by atoms with Gasteiger partial charge in [0.1, 0.15) is 0 Å². The van der Waals surface area contributed by atoms with E-state index >= 15 is 0 Å². The SMILES string of the molecule is CC[C@H](NC(=O)CCCN(c1cccc(Cl)c1C)S(C)(=O)=O)c1ccccc1C. The van der Waals surface area contributed by atoms with E-state index in [9.17, 15) is 13.2 Å². The van der Waals surface area contributed by atoms with E-state index in [-0.39, 0.29) is 24.9 Å². The van der Waals surface area contributed by atoms with E-state index in [4.69, 9.17) is 11.6 Å². The summed E-state index contributed by atoms with van der Waals surface area (Å²) < 4.78 is 25.9. The number of rotatable bonds is 9. The average molecular weight is 437 g/mol. The number of hydrogen-bond donors (Lipinski definition) is 1. The molecule has 1 amide bonds. The summed E-state index contributed by atoms with van der Waals surface area (Å²) in [6.07, 6.45) is 2.61. The van der Waals surface area contributed by atoms with E-state index in [1.54, 1.807) is 25.1 Å². The lowest BCUT2D eigenvalue weighted by atomic mass is 9.99. The van der Waals surface area contributed by atoms with Gasteiger partial charge in [-0.3, -0.25) is 9.10 Å². The summed E-state index contributed by atoms with van der Waals surface area (Å²) in [7, 11) is -3.49. The highest BCUT2D eigenvalue weighted by Gasteiger charge is 2.21. The molecule has 7 heteroatoms. The Morgan fingerprint density at radius 2 is 1.83 bits per heavy atom.